The molecular formula is C16H20ClNO. The van der Waals surface area contributed by atoms with Crippen LogP contribution in [-0.4, -0.2) is 11.6 Å². The van der Waals surface area contributed by atoms with Crippen molar-refractivity contribution in [3.05, 3.63) is 36.0 Å². The highest BCUT2D eigenvalue weighted by molar-refractivity contribution is 6.18. The van der Waals surface area contributed by atoms with E-state index in [2.05, 4.69) is 24.9 Å². The van der Waals surface area contributed by atoms with Gasteiger partial charge in [-0.25, -0.2) is 4.98 Å². The second-order valence-corrected chi connectivity index (χ2v) is 5.24. The van der Waals surface area contributed by atoms with E-state index in [1.165, 1.54) is 12.8 Å². The molecule has 1 heterocycles. The van der Waals surface area contributed by atoms with Crippen LogP contribution in [0.2, 0.25) is 0 Å². The van der Waals surface area contributed by atoms with Crippen molar-refractivity contribution in [2.45, 2.75) is 32.6 Å². The molecule has 0 spiro atoms. The maximum atomic E-state index is 5.95. The molecule has 0 aliphatic carbocycles. The lowest BCUT2D eigenvalue weighted by Gasteiger charge is -2.13. The van der Waals surface area contributed by atoms with Crippen molar-refractivity contribution in [2.24, 2.45) is 5.92 Å². The standard InChI is InChI=1S/C16H20ClNO/c1-3-6-12(2)11-19-16-15-8-5-4-7-14(15)13(9-17)10-18-16/h4-5,7-8,10,12H,3,6,9,11H2,1-2H3. The van der Waals surface area contributed by atoms with Gasteiger partial charge in [-0.15, -0.1) is 11.6 Å². The number of nitrogens with zero attached hydrogens (tertiary/aromatic N) is 1. The van der Waals surface area contributed by atoms with Crippen LogP contribution < -0.4 is 4.74 Å². The zero-order chi connectivity index (χ0) is 13.7. The predicted octanol–water partition coefficient (Wildman–Crippen LogP) is 4.79. The smallest absolute Gasteiger partial charge is 0.221 e. The molecule has 102 valence electrons. The van der Waals surface area contributed by atoms with Gasteiger partial charge in [-0.2, -0.15) is 0 Å². The minimum atomic E-state index is 0.472. The first-order valence-electron chi connectivity index (χ1n) is 6.81. The molecule has 0 saturated carbocycles. The number of pyridine rings is 1. The molecule has 0 fully saturated rings. The molecule has 3 heteroatoms. The number of benzene rings is 1. The van der Waals surface area contributed by atoms with Crippen LogP contribution >= 0.6 is 11.6 Å². The molecule has 1 aromatic carbocycles. The number of fused-ring (bicyclic) bond motifs is 1. The van der Waals surface area contributed by atoms with E-state index in [1.807, 2.05) is 24.4 Å². The summed E-state index contributed by atoms with van der Waals surface area (Å²) in [6.07, 6.45) is 4.18. The number of rotatable bonds is 6. The van der Waals surface area contributed by atoms with Crippen LogP contribution in [0.15, 0.2) is 30.5 Å². The second kappa shape index (κ2) is 6.76. The van der Waals surface area contributed by atoms with Gasteiger partial charge in [-0.1, -0.05) is 38.5 Å². The molecule has 2 nitrogen and oxygen atoms in total. The van der Waals surface area contributed by atoms with Gasteiger partial charge < -0.3 is 4.74 Å². The van der Waals surface area contributed by atoms with Gasteiger partial charge in [0.1, 0.15) is 0 Å². The summed E-state index contributed by atoms with van der Waals surface area (Å²) in [5, 5.41) is 2.18. The number of hydrogen-bond acceptors (Lipinski definition) is 2. The topological polar surface area (TPSA) is 22.1 Å². The van der Waals surface area contributed by atoms with Crippen molar-refractivity contribution in [3.63, 3.8) is 0 Å². The average Bonchev–Trinajstić information content (AvgIpc) is 2.45. The molecule has 0 aliphatic rings. The van der Waals surface area contributed by atoms with E-state index >= 15 is 0 Å². The Kier molecular flexibility index (Phi) is 5.03. The molecule has 1 unspecified atom stereocenters. The van der Waals surface area contributed by atoms with E-state index in [9.17, 15) is 0 Å². The zero-order valence-electron chi connectivity index (χ0n) is 11.5. The molecule has 0 aliphatic heterocycles. The van der Waals surface area contributed by atoms with Crippen molar-refractivity contribution in [2.75, 3.05) is 6.61 Å². The van der Waals surface area contributed by atoms with Crippen molar-refractivity contribution in [3.8, 4) is 5.88 Å². The molecule has 1 atom stereocenters. The van der Waals surface area contributed by atoms with Crippen molar-refractivity contribution in [1.82, 2.24) is 4.98 Å². The van der Waals surface area contributed by atoms with Gasteiger partial charge in [0.15, 0.2) is 0 Å². The normalized spacial score (nSPS) is 12.6. The summed E-state index contributed by atoms with van der Waals surface area (Å²) in [6, 6.07) is 8.13. The molecule has 0 radical (unpaired) electrons. The summed E-state index contributed by atoms with van der Waals surface area (Å²) in [5.74, 6) is 1.74. The van der Waals surface area contributed by atoms with Gasteiger partial charge in [0.05, 0.1) is 6.61 Å². The fraction of sp³-hybridized carbons (Fsp3) is 0.438. The number of alkyl halides is 1. The maximum Gasteiger partial charge on any atom is 0.221 e. The Bertz CT molecular complexity index is 541. The van der Waals surface area contributed by atoms with E-state index in [4.69, 9.17) is 16.3 Å². The number of ether oxygens (including phenoxy) is 1. The van der Waals surface area contributed by atoms with Gasteiger partial charge in [0, 0.05) is 17.5 Å². The van der Waals surface area contributed by atoms with Crippen LogP contribution in [-0.2, 0) is 5.88 Å². The van der Waals surface area contributed by atoms with Crippen LogP contribution in [0.5, 0.6) is 5.88 Å². The Labute approximate surface area is 119 Å². The van der Waals surface area contributed by atoms with E-state index in [1.54, 1.807) is 0 Å². The fourth-order valence-corrected chi connectivity index (χ4v) is 2.46. The second-order valence-electron chi connectivity index (χ2n) is 4.97. The van der Waals surface area contributed by atoms with Crippen LogP contribution in [0.3, 0.4) is 0 Å². The fourth-order valence-electron chi connectivity index (χ4n) is 2.24. The van der Waals surface area contributed by atoms with Crippen molar-refractivity contribution < 1.29 is 4.74 Å². The Hall–Kier alpha value is -1.28. The highest BCUT2D eigenvalue weighted by atomic mass is 35.5. The third-order valence-corrected chi connectivity index (χ3v) is 3.56. The minimum absolute atomic E-state index is 0.472. The lowest BCUT2D eigenvalue weighted by Crippen LogP contribution is -2.09. The predicted molar refractivity (Wildman–Crippen MR) is 80.9 cm³/mol. The van der Waals surface area contributed by atoms with Gasteiger partial charge in [0.25, 0.3) is 0 Å². The summed E-state index contributed by atoms with van der Waals surface area (Å²) in [4.78, 5) is 4.40. The first-order valence-corrected chi connectivity index (χ1v) is 7.35. The molecule has 2 rings (SSSR count). The zero-order valence-corrected chi connectivity index (χ0v) is 12.3. The lowest BCUT2D eigenvalue weighted by molar-refractivity contribution is 0.246. The van der Waals surface area contributed by atoms with Crippen molar-refractivity contribution >= 4 is 22.4 Å². The third-order valence-electron chi connectivity index (χ3n) is 3.27. The summed E-state index contributed by atoms with van der Waals surface area (Å²) >= 11 is 5.95. The van der Waals surface area contributed by atoms with Gasteiger partial charge >= 0.3 is 0 Å². The Morgan fingerprint density at radius 1 is 1.26 bits per heavy atom. The highest BCUT2D eigenvalue weighted by Crippen LogP contribution is 2.27. The van der Waals surface area contributed by atoms with Crippen LogP contribution in [0.1, 0.15) is 32.3 Å². The SMILES string of the molecule is CCCC(C)COc1ncc(CCl)c2ccccc12. The van der Waals surface area contributed by atoms with Crippen LogP contribution in [0.4, 0.5) is 0 Å². The first-order chi connectivity index (χ1) is 9.26. The third kappa shape index (κ3) is 3.38. The minimum Gasteiger partial charge on any atom is -0.477 e. The Morgan fingerprint density at radius 3 is 2.68 bits per heavy atom. The van der Waals surface area contributed by atoms with E-state index in [-0.39, 0.29) is 0 Å². The molecule has 2 aromatic rings. The molecule has 19 heavy (non-hydrogen) atoms. The van der Waals surface area contributed by atoms with E-state index < -0.39 is 0 Å². The molecule has 0 bridgehead atoms. The van der Waals surface area contributed by atoms with Gasteiger partial charge in [-0.05, 0) is 29.4 Å². The number of halogens is 1. The summed E-state index contributed by atoms with van der Waals surface area (Å²) in [6.45, 7) is 5.11. The monoisotopic (exact) mass is 277 g/mol. The summed E-state index contributed by atoms with van der Waals surface area (Å²) < 4.78 is 5.88. The van der Waals surface area contributed by atoms with Crippen LogP contribution in [0.25, 0.3) is 10.8 Å². The molecular weight excluding hydrogens is 258 g/mol. The number of aromatic nitrogens is 1. The van der Waals surface area contributed by atoms with Crippen LogP contribution in [0, 0.1) is 5.92 Å². The first kappa shape index (κ1) is 14.1. The molecule has 0 N–H and O–H groups in total. The Morgan fingerprint density at radius 2 is 2.00 bits per heavy atom. The lowest BCUT2D eigenvalue weighted by atomic mass is 10.1. The highest BCUT2D eigenvalue weighted by Gasteiger charge is 2.09. The summed E-state index contributed by atoms with van der Waals surface area (Å²) in [7, 11) is 0. The van der Waals surface area contributed by atoms with E-state index in [0.717, 1.165) is 16.3 Å². The summed E-state index contributed by atoms with van der Waals surface area (Å²) in [5.41, 5.74) is 1.05. The quantitative estimate of drug-likeness (QED) is 0.708. The molecule has 1 aromatic heterocycles. The molecule has 0 amide bonds. The van der Waals surface area contributed by atoms with Gasteiger partial charge in [-0.3, -0.25) is 0 Å². The largest absolute Gasteiger partial charge is 0.477 e. The average molecular weight is 278 g/mol. The molecule has 0 saturated heterocycles. The number of hydrogen-bond donors (Lipinski definition) is 0. The van der Waals surface area contributed by atoms with Crippen molar-refractivity contribution in [1.29, 1.82) is 0 Å². The maximum absolute atomic E-state index is 5.95. The Balaban J connectivity index is 2.24. The van der Waals surface area contributed by atoms with E-state index in [0.29, 0.717) is 24.3 Å². The van der Waals surface area contributed by atoms with Gasteiger partial charge in [0.2, 0.25) is 5.88 Å².